The topological polar surface area (TPSA) is 64.9 Å². The third-order valence-corrected chi connectivity index (χ3v) is 1.98. The molecule has 0 radical (unpaired) electrons. The lowest BCUT2D eigenvalue weighted by Gasteiger charge is -1.98. The van der Waals surface area contributed by atoms with Gasteiger partial charge in [-0.1, -0.05) is 23.4 Å². The van der Waals surface area contributed by atoms with Crippen molar-refractivity contribution >= 4 is 54.5 Å². The van der Waals surface area contributed by atoms with E-state index in [0.29, 0.717) is 22.7 Å². The van der Waals surface area contributed by atoms with E-state index < -0.39 is 0 Å². The van der Waals surface area contributed by atoms with Crippen LogP contribution < -0.4 is 11.5 Å². The van der Waals surface area contributed by atoms with Crippen LogP contribution in [-0.4, -0.2) is 11.0 Å². The van der Waals surface area contributed by atoms with Crippen molar-refractivity contribution in [2.24, 2.45) is 5.73 Å². The average Bonchev–Trinajstić information content (AvgIpc) is 2.12. The fourth-order valence-electron chi connectivity index (χ4n) is 0.855. The van der Waals surface area contributed by atoms with Crippen LogP contribution in [0.4, 0.5) is 5.69 Å². The largest absolute Gasteiger partial charge is 0.396 e. The van der Waals surface area contributed by atoms with Gasteiger partial charge in [-0.3, -0.25) is 4.98 Å². The fourth-order valence-corrected chi connectivity index (χ4v) is 1.00. The van der Waals surface area contributed by atoms with Crippen molar-refractivity contribution in [1.82, 2.24) is 4.98 Å². The number of nitrogen functional groups attached to an aromatic ring is 1. The molecule has 0 saturated heterocycles. The SMILES string of the molecule is C[C@H](N)CC#Cc1cncc(N)c1Cl.Cl.Cl.Cl. The van der Waals surface area contributed by atoms with E-state index in [1.165, 1.54) is 6.20 Å². The van der Waals surface area contributed by atoms with Gasteiger partial charge < -0.3 is 11.5 Å². The highest BCUT2D eigenvalue weighted by Crippen LogP contribution is 2.20. The van der Waals surface area contributed by atoms with E-state index in [4.69, 9.17) is 23.1 Å². The number of hydrogen-bond donors (Lipinski definition) is 2. The number of anilines is 1. The zero-order chi connectivity index (χ0) is 10.6. The van der Waals surface area contributed by atoms with Crippen LogP contribution in [0.15, 0.2) is 12.4 Å². The van der Waals surface area contributed by atoms with E-state index in [9.17, 15) is 0 Å². The highest BCUT2D eigenvalue weighted by atomic mass is 35.5. The molecule has 17 heavy (non-hydrogen) atoms. The van der Waals surface area contributed by atoms with Gasteiger partial charge in [0.25, 0.3) is 0 Å². The summed E-state index contributed by atoms with van der Waals surface area (Å²) < 4.78 is 0. The number of rotatable bonds is 1. The Morgan fingerprint density at radius 1 is 1.35 bits per heavy atom. The second kappa shape index (κ2) is 10.8. The van der Waals surface area contributed by atoms with Gasteiger partial charge in [0.1, 0.15) is 0 Å². The van der Waals surface area contributed by atoms with Crippen LogP contribution in [0.25, 0.3) is 0 Å². The second-order valence-electron chi connectivity index (χ2n) is 3.07. The van der Waals surface area contributed by atoms with Crippen molar-refractivity contribution in [3.8, 4) is 11.8 Å². The monoisotopic (exact) mass is 317 g/mol. The lowest BCUT2D eigenvalue weighted by atomic mass is 10.2. The molecule has 1 aromatic rings. The van der Waals surface area contributed by atoms with Gasteiger partial charge in [-0.05, 0) is 6.92 Å². The molecule has 1 heterocycles. The van der Waals surface area contributed by atoms with Crippen molar-refractivity contribution < 1.29 is 0 Å². The first-order chi connectivity index (χ1) is 6.61. The summed E-state index contributed by atoms with van der Waals surface area (Å²) in [6.45, 7) is 1.90. The van der Waals surface area contributed by atoms with Crippen LogP contribution in [0, 0.1) is 11.8 Å². The van der Waals surface area contributed by atoms with Crippen molar-refractivity contribution in [3.05, 3.63) is 23.0 Å². The molecule has 1 atom stereocenters. The minimum atomic E-state index is 0. The first-order valence-electron chi connectivity index (χ1n) is 4.24. The first-order valence-corrected chi connectivity index (χ1v) is 4.62. The van der Waals surface area contributed by atoms with Crippen LogP contribution in [0.1, 0.15) is 18.9 Å². The molecule has 0 aliphatic heterocycles. The molecular weight excluding hydrogens is 304 g/mol. The predicted octanol–water partition coefficient (Wildman–Crippen LogP) is 2.67. The van der Waals surface area contributed by atoms with Crippen molar-refractivity contribution in [2.75, 3.05) is 5.73 Å². The number of hydrogen-bond acceptors (Lipinski definition) is 3. The zero-order valence-corrected chi connectivity index (χ0v) is 12.3. The summed E-state index contributed by atoms with van der Waals surface area (Å²) in [4.78, 5) is 3.90. The number of aromatic nitrogens is 1. The van der Waals surface area contributed by atoms with Gasteiger partial charge in [-0.2, -0.15) is 0 Å². The molecule has 1 aromatic heterocycles. The van der Waals surface area contributed by atoms with E-state index >= 15 is 0 Å². The van der Waals surface area contributed by atoms with Crippen molar-refractivity contribution in [1.29, 1.82) is 0 Å². The molecule has 0 bridgehead atoms. The Morgan fingerprint density at radius 2 is 1.94 bits per heavy atom. The van der Waals surface area contributed by atoms with Gasteiger partial charge in [0, 0.05) is 18.7 Å². The van der Waals surface area contributed by atoms with E-state index in [0.717, 1.165) is 0 Å². The summed E-state index contributed by atoms with van der Waals surface area (Å²) in [5, 5.41) is 0.456. The maximum Gasteiger partial charge on any atom is 0.0823 e. The lowest BCUT2D eigenvalue weighted by Crippen LogP contribution is -2.12. The summed E-state index contributed by atoms with van der Waals surface area (Å²) >= 11 is 5.91. The molecule has 98 valence electrons. The van der Waals surface area contributed by atoms with Crippen LogP contribution in [-0.2, 0) is 0 Å². The van der Waals surface area contributed by atoms with Crippen LogP contribution in [0.3, 0.4) is 0 Å². The van der Waals surface area contributed by atoms with Gasteiger partial charge in [0.05, 0.1) is 22.5 Å². The molecule has 4 N–H and O–H groups in total. The Balaban J connectivity index is -0.000000653. The molecule has 0 aliphatic rings. The first kappa shape index (κ1) is 21.9. The van der Waals surface area contributed by atoms with E-state index in [2.05, 4.69) is 16.8 Å². The van der Waals surface area contributed by atoms with Gasteiger partial charge in [0.15, 0.2) is 0 Å². The van der Waals surface area contributed by atoms with Crippen molar-refractivity contribution in [2.45, 2.75) is 19.4 Å². The summed E-state index contributed by atoms with van der Waals surface area (Å²) in [5.41, 5.74) is 12.2. The third kappa shape index (κ3) is 7.54. The minimum Gasteiger partial charge on any atom is -0.396 e. The summed E-state index contributed by atoms with van der Waals surface area (Å²) in [6.07, 6.45) is 3.72. The van der Waals surface area contributed by atoms with Gasteiger partial charge in [0.2, 0.25) is 0 Å². The number of nitrogens with zero attached hydrogens (tertiary/aromatic N) is 1. The van der Waals surface area contributed by atoms with Crippen LogP contribution >= 0.6 is 48.8 Å². The molecule has 0 aromatic carbocycles. The molecule has 0 saturated carbocycles. The molecule has 0 aliphatic carbocycles. The maximum atomic E-state index is 5.91. The van der Waals surface area contributed by atoms with Gasteiger partial charge in [-0.15, -0.1) is 37.2 Å². The summed E-state index contributed by atoms with van der Waals surface area (Å²) in [7, 11) is 0. The predicted molar refractivity (Wildman–Crippen MR) is 80.5 cm³/mol. The molecule has 0 amide bonds. The Hall–Kier alpha value is -0.370. The Bertz CT molecular complexity index is 385. The number of halogens is 4. The average molecular weight is 319 g/mol. The Kier molecular flexibility index (Phi) is 13.8. The Morgan fingerprint density at radius 3 is 2.47 bits per heavy atom. The van der Waals surface area contributed by atoms with Gasteiger partial charge in [-0.25, -0.2) is 0 Å². The molecular formula is C10H15Cl4N3. The molecule has 0 fully saturated rings. The van der Waals surface area contributed by atoms with Crippen LogP contribution in [0.2, 0.25) is 5.02 Å². The maximum absolute atomic E-state index is 5.91. The number of nitrogens with two attached hydrogens (primary N) is 2. The van der Waals surface area contributed by atoms with Crippen molar-refractivity contribution in [3.63, 3.8) is 0 Å². The highest BCUT2D eigenvalue weighted by Gasteiger charge is 2.00. The Labute approximate surface area is 125 Å². The number of pyridine rings is 1. The van der Waals surface area contributed by atoms with E-state index in [-0.39, 0.29) is 43.3 Å². The minimum absolute atomic E-state index is 0. The summed E-state index contributed by atoms with van der Waals surface area (Å²) in [6, 6.07) is 0.0651. The second-order valence-corrected chi connectivity index (χ2v) is 3.45. The molecule has 7 heteroatoms. The third-order valence-electron chi connectivity index (χ3n) is 1.55. The molecule has 0 unspecified atom stereocenters. The van der Waals surface area contributed by atoms with Crippen LogP contribution in [0.5, 0.6) is 0 Å². The standard InChI is InChI=1S/C10H12ClN3.3ClH/c1-7(12)3-2-4-8-5-14-6-9(13)10(8)11;;;/h5-7H,3,12-13H2,1H3;3*1H/t7-;;;/m0.../s1. The smallest absolute Gasteiger partial charge is 0.0823 e. The molecule has 0 spiro atoms. The molecule has 3 nitrogen and oxygen atoms in total. The van der Waals surface area contributed by atoms with E-state index in [1.54, 1.807) is 6.20 Å². The highest BCUT2D eigenvalue weighted by molar-refractivity contribution is 6.34. The quantitative estimate of drug-likeness (QED) is 0.782. The zero-order valence-electron chi connectivity index (χ0n) is 9.14. The summed E-state index contributed by atoms with van der Waals surface area (Å²) in [5.74, 6) is 5.79. The lowest BCUT2D eigenvalue weighted by molar-refractivity contribution is 0.771. The fraction of sp³-hybridized carbons (Fsp3) is 0.300. The normalized spacial score (nSPS) is 9.59. The van der Waals surface area contributed by atoms with E-state index in [1.807, 2.05) is 6.92 Å². The molecule has 1 rings (SSSR count). The van der Waals surface area contributed by atoms with Gasteiger partial charge >= 0.3 is 0 Å².